The van der Waals surface area contributed by atoms with Gasteiger partial charge in [0.1, 0.15) is 5.71 Å². The van der Waals surface area contributed by atoms with Crippen LogP contribution in [0.3, 0.4) is 0 Å². The van der Waals surface area contributed by atoms with Crippen LogP contribution in [0.2, 0.25) is 0 Å². The average Bonchev–Trinajstić information content (AvgIpc) is 3.08. The number of ether oxygens (including phenoxy) is 1. The molecular weight excluding hydrogens is 410 g/mol. The molecule has 1 atom stereocenters. The van der Waals surface area contributed by atoms with Crippen LogP contribution < -0.4 is 10.7 Å². The number of nitrogens with one attached hydrogen (secondary N) is 2. The quantitative estimate of drug-likeness (QED) is 0.574. The van der Waals surface area contributed by atoms with Crippen molar-refractivity contribution in [3.8, 4) is 6.07 Å². The molecule has 1 unspecified atom stereocenters. The largest absolute Gasteiger partial charge is 0.461 e. The number of halogens is 6. The van der Waals surface area contributed by atoms with Crippen LogP contribution in [0.15, 0.2) is 23.3 Å². The van der Waals surface area contributed by atoms with Gasteiger partial charge in [0, 0.05) is 12.1 Å². The van der Waals surface area contributed by atoms with Gasteiger partial charge in [0.25, 0.3) is 5.91 Å². The molecule has 0 saturated heterocycles. The molecule has 0 fully saturated rings. The van der Waals surface area contributed by atoms with Crippen LogP contribution in [0.1, 0.15) is 24.5 Å². The minimum Gasteiger partial charge on any atom is -0.461 e. The van der Waals surface area contributed by atoms with Crippen LogP contribution in [-0.2, 0) is 20.5 Å². The number of esters is 1. The highest BCUT2D eigenvalue weighted by Gasteiger charge is 2.64. The highest BCUT2D eigenvalue weighted by atomic mass is 19.4. The van der Waals surface area contributed by atoms with E-state index in [0.29, 0.717) is 12.1 Å². The molecule has 0 spiro atoms. The van der Waals surface area contributed by atoms with Crippen LogP contribution >= 0.6 is 0 Å². The summed E-state index contributed by atoms with van der Waals surface area (Å²) in [6.07, 6.45) is -11.4. The second kappa shape index (κ2) is 7.61. The van der Waals surface area contributed by atoms with Gasteiger partial charge in [-0.1, -0.05) is 0 Å². The van der Waals surface area contributed by atoms with Crippen molar-refractivity contribution in [3.05, 3.63) is 29.3 Å². The molecule has 1 aliphatic heterocycles. The van der Waals surface area contributed by atoms with Crippen molar-refractivity contribution in [1.82, 2.24) is 5.43 Å². The SMILES string of the molecule is CCOC(=O)C1=NNC(C(=O)Nc2ccc(C#N)c(C(F)(F)F)c2)(C(F)(F)F)C1. The number of hydrogen-bond acceptors (Lipinski definition) is 6. The third-order valence-electron chi connectivity index (χ3n) is 3.90. The van der Waals surface area contributed by atoms with Crippen LogP contribution in [0.5, 0.6) is 0 Å². The van der Waals surface area contributed by atoms with Gasteiger partial charge in [0.05, 0.1) is 23.8 Å². The summed E-state index contributed by atoms with van der Waals surface area (Å²) in [7, 11) is 0. The number of hydrogen-bond donors (Lipinski definition) is 2. The van der Waals surface area contributed by atoms with E-state index in [1.807, 2.05) is 0 Å². The lowest BCUT2D eigenvalue weighted by Crippen LogP contribution is -2.61. The number of nitrogens with zero attached hydrogens (tertiary/aromatic N) is 2. The number of hydrazone groups is 1. The standard InChI is InChI=1S/C16H12F6N4O3/c1-2-29-12(27)11-6-14(26-25-11,16(20,21)22)13(28)24-9-4-3-8(7-23)10(5-9)15(17,18)19/h3-5,26H,2,6H2,1H3,(H,24,28). The Morgan fingerprint density at radius 3 is 2.48 bits per heavy atom. The Kier molecular flexibility index (Phi) is 5.77. The number of carbonyl (C=O) groups is 2. The van der Waals surface area contributed by atoms with Crippen molar-refractivity contribution < 1.29 is 40.7 Å². The third kappa shape index (κ3) is 4.25. The lowest BCUT2D eigenvalue weighted by Gasteiger charge is -2.29. The molecule has 1 amide bonds. The van der Waals surface area contributed by atoms with E-state index in [0.717, 1.165) is 6.07 Å². The second-order valence-electron chi connectivity index (χ2n) is 5.79. The van der Waals surface area contributed by atoms with E-state index in [9.17, 15) is 35.9 Å². The first-order valence-electron chi connectivity index (χ1n) is 7.86. The summed E-state index contributed by atoms with van der Waals surface area (Å²) in [6.45, 7) is 1.27. The molecule has 2 N–H and O–H groups in total. The van der Waals surface area contributed by atoms with Crippen molar-refractivity contribution in [1.29, 1.82) is 5.26 Å². The lowest BCUT2D eigenvalue weighted by atomic mass is 9.92. The normalized spacial score (nSPS) is 19.0. The minimum atomic E-state index is -5.26. The van der Waals surface area contributed by atoms with E-state index in [2.05, 4.69) is 9.84 Å². The van der Waals surface area contributed by atoms with Crippen molar-refractivity contribution in [2.24, 2.45) is 5.10 Å². The molecule has 13 heteroatoms. The topological polar surface area (TPSA) is 104 Å². The van der Waals surface area contributed by atoms with Gasteiger partial charge in [0.2, 0.25) is 5.54 Å². The molecule has 1 aromatic carbocycles. The zero-order valence-electron chi connectivity index (χ0n) is 14.5. The summed E-state index contributed by atoms with van der Waals surface area (Å²) in [4.78, 5) is 24.0. The Bertz CT molecular complexity index is 903. The number of rotatable bonds is 4. The predicted octanol–water partition coefficient (Wildman–Crippen LogP) is 2.73. The molecule has 7 nitrogen and oxygen atoms in total. The third-order valence-corrected chi connectivity index (χ3v) is 3.90. The molecule has 1 heterocycles. The molecular formula is C16H12F6N4O3. The van der Waals surface area contributed by atoms with Gasteiger partial charge in [-0.25, -0.2) is 4.79 Å². The van der Waals surface area contributed by atoms with E-state index in [1.54, 1.807) is 10.7 Å². The predicted molar refractivity (Wildman–Crippen MR) is 85.4 cm³/mol. The van der Waals surface area contributed by atoms with E-state index in [1.165, 1.54) is 13.0 Å². The fourth-order valence-corrected chi connectivity index (χ4v) is 2.44. The van der Waals surface area contributed by atoms with Crippen molar-refractivity contribution in [2.75, 3.05) is 11.9 Å². The molecule has 2 rings (SSSR count). The average molecular weight is 422 g/mol. The fourth-order valence-electron chi connectivity index (χ4n) is 2.44. The molecule has 0 saturated carbocycles. The van der Waals surface area contributed by atoms with E-state index in [4.69, 9.17) is 5.26 Å². The van der Waals surface area contributed by atoms with Crippen molar-refractivity contribution >= 4 is 23.3 Å². The Labute approximate surface area is 159 Å². The second-order valence-corrected chi connectivity index (χ2v) is 5.79. The van der Waals surface area contributed by atoms with Gasteiger partial charge < -0.3 is 10.1 Å². The molecule has 29 heavy (non-hydrogen) atoms. The van der Waals surface area contributed by atoms with Gasteiger partial charge in [-0.15, -0.1) is 0 Å². The Morgan fingerprint density at radius 1 is 1.31 bits per heavy atom. The van der Waals surface area contributed by atoms with Gasteiger partial charge in [-0.05, 0) is 25.1 Å². The maximum atomic E-state index is 13.6. The number of benzene rings is 1. The van der Waals surface area contributed by atoms with E-state index in [-0.39, 0.29) is 6.61 Å². The number of amides is 1. The summed E-state index contributed by atoms with van der Waals surface area (Å²) >= 11 is 0. The van der Waals surface area contributed by atoms with Crippen LogP contribution in [0, 0.1) is 11.3 Å². The molecule has 0 aromatic heterocycles. The van der Waals surface area contributed by atoms with Crippen molar-refractivity contribution in [2.45, 2.75) is 31.2 Å². The number of carbonyl (C=O) groups excluding carboxylic acids is 2. The van der Waals surface area contributed by atoms with Crippen LogP contribution in [-0.4, -0.2) is 35.9 Å². The maximum Gasteiger partial charge on any atom is 0.422 e. The molecule has 0 bridgehead atoms. The van der Waals surface area contributed by atoms with Crippen LogP contribution in [0.4, 0.5) is 32.0 Å². The van der Waals surface area contributed by atoms with E-state index < -0.39 is 58.7 Å². The Hall–Kier alpha value is -3.30. The molecule has 0 radical (unpaired) electrons. The molecule has 0 aliphatic carbocycles. The minimum absolute atomic E-state index is 0.144. The monoisotopic (exact) mass is 422 g/mol. The Morgan fingerprint density at radius 2 is 1.97 bits per heavy atom. The van der Waals surface area contributed by atoms with Crippen molar-refractivity contribution in [3.63, 3.8) is 0 Å². The zero-order valence-corrected chi connectivity index (χ0v) is 14.5. The van der Waals surface area contributed by atoms with Crippen LogP contribution in [0.25, 0.3) is 0 Å². The number of anilines is 1. The number of nitriles is 1. The molecule has 1 aromatic rings. The summed E-state index contributed by atoms with van der Waals surface area (Å²) in [6, 6.07) is 3.20. The smallest absolute Gasteiger partial charge is 0.422 e. The first-order chi connectivity index (χ1) is 13.4. The molecule has 1 aliphatic rings. The summed E-state index contributed by atoms with van der Waals surface area (Å²) in [5.41, 5.74) is -5.35. The summed E-state index contributed by atoms with van der Waals surface area (Å²) in [5, 5.41) is 13.7. The van der Waals surface area contributed by atoms with Gasteiger partial charge in [0.15, 0.2) is 0 Å². The fraction of sp³-hybridized carbons (Fsp3) is 0.375. The number of alkyl halides is 6. The van der Waals surface area contributed by atoms with Gasteiger partial charge in [-0.2, -0.15) is 36.7 Å². The lowest BCUT2D eigenvalue weighted by molar-refractivity contribution is -0.193. The molecule has 156 valence electrons. The highest BCUT2D eigenvalue weighted by Crippen LogP contribution is 2.38. The summed E-state index contributed by atoms with van der Waals surface area (Å²) < 4.78 is 84.4. The Balaban J connectivity index is 2.35. The highest BCUT2D eigenvalue weighted by molar-refractivity contribution is 6.38. The van der Waals surface area contributed by atoms with Gasteiger partial charge in [-0.3, -0.25) is 10.2 Å². The zero-order chi connectivity index (χ0) is 22.0. The van der Waals surface area contributed by atoms with E-state index >= 15 is 0 Å². The summed E-state index contributed by atoms with van der Waals surface area (Å²) in [5.74, 6) is -2.96. The maximum absolute atomic E-state index is 13.6. The first-order valence-corrected chi connectivity index (χ1v) is 7.86. The van der Waals surface area contributed by atoms with Gasteiger partial charge >= 0.3 is 18.3 Å². The first kappa shape index (κ1) is 22.0.